The van der Waals surface area contributed by atoms with Crippen LogP contribution >= 0.6 is 7.82 Å². The predicted octanol–water partition coefficient (Wildman–Crippen LogP) is 14.8. The van der Waals surface area contributed by atoms with Crippen LogP contribution in [0.1, 0.15) is 162 Å². The molecule has 0 aliphatic heterocycles. The van der Waals surface area contributed by atoms with Crippen molar-refractivity contribution in [2.24, 2.45) is 0 Å². The zero-order valence-electron chi connectivity index (χ0n) is 41.7. The molecular formula is C56H94N2O6P+. The second-order valence-corrected chi connectivity index (χ2v) is 18.9. The standard InChI is InChI=1S/C56H93N2O6P/c1-6-8-10-12-14-16-18-20-22-23-24-25-26-27-28-29-30-31-32-33-34-35-36-38-40-42-44-46-48-50-56(60)57-54(53-64-65(61,62)63-52-51-58(3,4)5)55(59)49-47-45-43-41-39-37-21-19-17-15-13-11-9-7-2/h8,10,14,16-17,19-20,22,24-25,27-28,30-31,33-34,36,38-39,41,47,49,54-55,59H,6-7,9,11-13,15,18,21,23,26,29,32,35,37,40,42-46,48,50-53H2,1-5H3,(H-,57,60,61,62)/p+1/b10-8-,16-14-,19-17+,22-20-,25-24-,28-27-,31-30-,34-33-,38-36-,41-39+,49-47+. The highest BCUT2D eigenvalue weighted by Crippen LogP contribution is 2.43. The van der Waals surface area contributed by atoms with E-state index in [-0.39, 0.29) is 19.1 Å². The number of nitrogens with one attached hydrogen (secondary N) is 1. The summed E-state index contributed by atoms with van der Waals surface area (Å²) in [7, 11) is 1.50. The Morgan fingerprint density at radius 3 is 1.40 bits per heavy atom. The summed E-state index contributed by atoms with van der Waals surface area (Å²) in [5, 5.41) is 13.8. The maximum Gasteiger partial charge on any atom is 0.472 e. The minimum atomic E-state index is -4.37. The molecule has 8 nitrogen and oxygen atoms in total. The van der Waals surface area contributed by atoms with Gasteiger partial charge in [-0.3, -0.25) is 13.8 Å². The number of phosphoric acid groups is 1. The van der Waals surface area contributed by atoms with Crippen LogP contribution < -0.4 is 5.32 Å². The number of carbonyl (C=O) groups excluding carboxylic acids is 1. The van der Waals surface area contributed by atoms with Crippen molar-refractivity contribution in [1.82, 2.24) is 5.32 Å². The van der Waals surface area contributed by atoms with E-state index in [1.54, 1.807) is 6.08 Å². The first kappa shape index (κ1) is 61.6. The average molecular weight is 922 g/mol. The fourth-order valence-corrected chi connectivity index (χ4v) is 6.88. The number of amides is 1. The number of quaternary nitrogens is 1. The minimum absolute atomic E-state index is 0.0399. The third-order valence-electron chi connectivity index (χ3n) is 10.1. The van der Waals surface area contributed by atoms with Crippen molar-refractivity contribution in [3.63, 3.8) is 0 Å². The molecule has 0 aliphatic rings. The summed E-state index contributed by atoms with van der Waals surface area (Å²) in [4.78, 5) is 23.2. The van der Waals surface area contributed by atoms with E-state index >= 15 is 0 Å². The van der Waals surface area contributed by atoms with Crippen molar-refractivity contribution in [2.75, 3.05) is 40.9 Å². The van der Waals surface area contributed by atoms with Gasteiger partial charge in [-0.05, 0) is 109 Å². The van der Waals surface area contributed by atoms with E-state index in [0.717, 1.165) is 116 Å². The van der Waals surface area contributed by atoms with Crippen LogP contribution in [0.3, 0.4) is 0 Å². The molecule has 0 aromatic carbocycles. The number of nitrogens with zero attached hydrogens (tertiary/aromatic N) is 1. The van der Waals surface area contributed by atoms with Gasteiger partial charge in [0.25, 0.3) is 0 Å². The van der Waals surface area contributed by atoms with Crippen LogP contribution in [0, 0.1) is 0 Å². The van der Waals surface area contributed by atoms with E-state index in [0.29, 0.717) is 17.4 Å². The topological polar surface area (TPSA) is 105 Å². The van der Waals surface area contributed by atoms with Gasteiger partial charge in [0.2, 0.25) is 5.91 Å². The van der Waals surface area contributed by atoms with Crippen molar-refractivity contribution in [3.05, 3.63) is 134 Å². The van der Waals surface area contributed by atoms with E-state index in [2.05, 4.69) is 141 Å². The van der Waals surface area contributed by atoms with Gasteiger partial charge in [-0.25, -0.2) is 4.57 Å². The summed E-state index contributed by atoms with van der Waals surface area (Å²) in [5.41, 5.74) is 0. The molecule has 0 aromatic heterocycles. The molecule has 0 aromatic rings. The molecule has 65 heavy (non-hydrogen) atoms. The molecule has 0 saturated carbocycles. The number of likely N-dealkylation sites (N-methyl/N-ethyl adjacent to an activating group) is 1. The van der Waals surface area contributed by atoms with Crippen molar-refractivity contribution >= 4 is 13.7 Å². The van der Waals surface area contributed by atoms with Gasteiger partial charge in [0.15, 0.2) is 0 Å². The number of phosphoric ester groups is 1. The molecule has 0 fully saturated rings. The van der Waals surface area contributed by atoms with Crippen molar-refractivity contribution < 1.29 is 32.9 Å². The zero-order chi connectivity index (χ0) is 47.8. The molecule has 0 aliphatic carbocycles. The Hall–Kier alpha value is -3.36. The Balaban J connectivity index is 4.41. The number of hydrogen-bond acceptors (Lipinski definition) is 5. The monoisotopic (exact) mass is 922 g/mol. The molecule has 9 heteroatoms. The molecule has 3 unspecified atom stereocenters. The third kappa shape index (κ3) is 48.4. The number of aliphatic hydroxyl groups excluding tert-OH is 1. The summed E-state index contributed by atoms with van der Waals surface area (Å²) in [6.45, 7) is 4.59. The number of unbranched alkanes of at least 4 members (excludes halogenated alkanes) is 10. The van der Waals surface area contributed by atoms with Crippen molar-refractivity contribution in [2.45, 2.75) is 174 Å². The molecular weight excluding hydrogens is 828 g/mol. The first-order valence-corrected chi connectivity index (χ1v) is 26.6. The quantitative estimate of drug-likeness (QED) is 0.0244. The van der Waals surface area contributed by atoms with Crippen LogP contribution in [-0.4, -0.2) is 73.4 Å². The number of aliphatic hydroxyl groups is 1. The Morgan fingerprint density at radius 1 is 0.538 bits per heavy atom. The van der Waals surface area contributed by atoms with E-state index in [9.17, 15) is 19.4 Å². The number of carbonyl (C=O) groups is 1. The Labute approximate surface area is 398 Å². The highest BCUT2D eigenvalue weighted by Gasteiger charge is 2.27. The first-order valence-electron chi connectivity index (χ1n) is 25.1. The minimum Gasteiger partial charge on any atom is -0.387 e. The highest BCUT2D eigenvalue weighted by molar-refractivity contribution is 7.47. The normalized spacial score (nSPS) is 15.2. The second-order valence-electron chi connectivity index (χ2n) is 17.4. The lowest BCUT2D eigenvalue weighted by Crippen LogP contribution is -2.45. The molecule has 3 atom stereocenters. The summed E-state index contributed by atoms with van der Waals surface area (Å²) in [6.07, 6.45) is 69.6. The summed E-state index contributed by atoms with van der Waals surface area (Å²) in [6, 6.07) is -0.893. The lowest BCUT2D eigenvalue weighted by Gasteiger charge is -2.25. The molecule has 0 rings (SSSR count). The predicted molar refractivity (Wildman–Crippen MR) is 281 cm³/mol. The maximum atomic E-state index is 12.9. The van der Waals surface area contributed by atoms with Gasteiger partial charge in [-0.1, -0.05) is 180 Å². The number of allylic oxidation sites excluding steroid dienone is 21. The molecule has 368 valence electrons. The van der Waals surface area contributed by atoms with Crippen LogP contribution in [0.25, 0.3) is 0 Å². The van der Waals surface area contributed by atoms with E-state index in [4.69, 9.17) is 9.05 Å². The lowest BCUT2D eigenvalue weighted by atomic mass is 10.1. The van der Waals surface area contributed by atoms with Gasteiger partial charge in [0.05, 0.1) is 39.9 Å². The lowest BCUT2D eigenvalue weighted by molar-refractivity contribution is -0.870. The van der Waals surface area contributed by atoms with Crippen molar-refractivity contribution in [3.8, 4) is 0 Å². The van der Waals surface area contributed by atoms with Gasteiger partial charge in [-0.15, -0.1) is 0 Å². The average Bonchev–Trinajstić information content (AvgIpc) is 3.26. The molecule has 0 saturated heterocycles. The maximum absolute atomic E-state index is 12.9. The molecule has 3 N–H and O–H groups in total. The largest absolute Gasteiger partial charge is 0.472 e. The third-order valence-corrected chi connectivity index (χ3v) is 11.1. The van der Waals surface area contributed by atoms with E-state index in [1.165, 1.54) is 25.7 Å². The Bertz CT molecular complexity index is 1510. The molecule has 0 heterocycles. The molecule has 0 spiro atoms. The number of hydrogen-bond donors (Lipinski definition) is 3. The molecule has 0 radical (unpaired) electrons. The van der Waals surface area contributed by atoms with Crippen molar-refractivity contribution in [1.29, 1.82) is 0 Å². The van der Waals surface area contributed by atoms with Crippen LogP contribution in [-0.2, 0) is 18.4 Å². The fourth-order valence-electron chi connectivity index (χ4n) is 6.14. The van der Waals surface area contributed by atoms with Crippen LogP contribution in [0.15, 0.2) is 134 Å². The number of rotatable bonds is 43. The van der Waals surface area contributed by atoms with Crippen LogP contribution in [0.5, 0.6) is 0 Å². The van der Waals surface area contributed by atoms with Crippen LogP contribution in [0.4, 0.5) is 0 Å². The molecule has 1 amide bonds. The fraction of sp³-hybridized carbons (Fsp3) is 0.589. The van der Waals surface area contributed by atoms with Gasteiger partial charge >= 0.3 is 7.82 Å². The molecule has 0 bridgehead atoms. The zero-order valence-corrected chi connectivity index (χ0v) is 42.6. The Kier molecular flexibility index (Phi) is 43.4. The summed E-state index contributed by atoms with van der Waals surface area (Å²) < 4.78 is 23.6. The highest BCUT2D eigenvalue weighted by atomic mass is 31.2. The smallest absolute Gasteiger partial charge is 0.387 e. The van der Waals surface area contributed by atoms with Gasteiger partial charge in [-0.2, -0.15) is 0 Å². The van der Waals surface area contributed by atoms with E-state index < -0.39 is 20.0 Å². The van der Waals surface area contributed by atoms with Gasteiger partial charge in [0, 0.05) is 6.42 Å². The van der Waals surface area contributed by atoms with E-state index in [1.807, 2.05) is 27.2 Å². The van der Waals surface area contributed by atoms with Gasteiger partial charge < -0.3 is 19.8 Å². The first-order chi connectivity index (χ1) is 31.5. The van der Waals surface area contributed by atoms with Crippen LogP contribution in [0.2, 0.25) is 0 Å². The Morgan fingerprint density at radius 2 is 0.938 bits per heavy atom. The SMILES string of the molecule is CC/C=C\C/C=C\C/C=C\C/C=C\C/C=C\C/C=C\C/C=C\C/C=C\CCCCCCC(=O)NC(COP(=O)(O)OCC[N+](C)(C)C)C(O)/C=C/CC/C=C/CC/C=C/CCCCCC. The second kappa shape index (κ2) is 45.8. The summed E-state index contributed by atoms with van der Waals surface area (Å²) in [5.74, 6) is -0.224. The summed E-state index contributed by atoms with van der Waals surface area (Å²) >= 11 is 0. The van der Waals surface area contributed by atoms with Gasteiger partial charge in [0.1, 0.15) is 13.2 Å².